The second-order valence-corrected chi connectivity index (χ2v) is 9.17. The van der Waals surface area contributed by atoms with Crippen molar-refractivity contribution in [3.8, 4) is 0 Å². The van der Waals surface area contributed by atoms with Crippen molar-refractivity contribution >= 4 is 17.9 Å². The summed E-state index contributed by atoms with van der Waals surface area (Å²) in [5.74, 6) is -5.14. The number of aliphatic hydroxyl groups is 1. The van der Waals surface area contributed by atoms with E-state index in [-0.39, 0.29) is 11.1 Å². The van der Waals surface area contributed by atoms with Gasteiger partial charge in [-0.1, -0.05) is 32.8 Å². The number of carbonyl (C=O) groups is 3. The molecule has 8 heteroatoms. The summed E-state index contributed by atoms with van der Waals surface area (Å²) in [6, 6.07) is 0. The number of hydrogen-bond acceptors (Lipinski definition) is 8. The van der Waals surface area contributed by atoms with Crippen LogP contribution < -0.4 is 0 Å². The Morgan fingerprint density at radius 1 is 0.733 bits per heavy atom. The van der Waals surface area contributed by atoms with Gasteiger partial charge in [-0.2, -0.15) is 0 Å². The number of carbonyl (C=O) groups excluding carboxylic acids is 3. The summed E-state index contributed by atoms with van der Waals surface area (Å²) in [6.07, 6.45) is 8.59. The number of rotatable bonds is 2. The molecule has 0 unspecified atom stereocenters. The van der Waals surface area contributed by atoms with E-state index in [2.05, 4.69) is 0 Å². The van der Waals surface area contributed by atoms with Gasteiger partial charge in [-0.15, -0.1) is 0 Å². The molecule has 0 amide bonds. The van der Waals surface area contributed by atoms with Crippen molar-refractivity contribution in [2.45, 2.75) is 89.6 Å². The molecule has 0 aromatic rings. The summed E-state index contributed by atoms with van der Waals surface area (Å²) >= 11 is 0. The lowest BCUT2D eigenvalue weighted by Crippen LogP contribution is -2.48. The van der Waals surface area contributed by atoms with Crippen LogP contribution >= 0.6 is 0 Å². The molecule has 2 aliphatic carbocycles. The Morgan fingerprint density at radius 3 is 1.63 bits per heavy atom. The standard InChI is InChI=1S/C22H28O8/c1-20(2,15-18(25)29-22(30-19(15)26)11-7-4-8-12-22)13-14-16(23)27-21(28-17(14)24)9-5-3-6-10-21/h13,25H,3-12H2,1-2H3. The molecule has 2 spiro atoms. The fraction of sp³-hybridized carbons (Fsp3) is 0.682. The van der Waals surface area contributed by atoms with E-state index in [9.17, 15) is 19.5 Å². The molecule has 0 radical (unpaired) electrons. The smallest absolute Gasteiger partial charge is 0.348 e. The highest BCUT2D eigenvalue weighted by molar-refractivity contribution is 6.15. The molecule has 1 N–H and O–H groups in total. The summed E-state index contributed by atoms with van der Waals surface area (Å²) in [7, 11) is 0. The van der Waals surface area contributed by atoms with Gasteiger partial charge >= 0.3 is 17.9 Å². The van der Waals surface area contributed by atoms with E-state index in [1.807, 2.05) is 0 Å². The predicted molar refractivity (Wildman–Crippen MR) is 103 cm³/mol. The maximum absolute atomic E-state index is 12.8. The van der Waals surface area contributed by atoms with Crippen LogP contribution in [0.15, 0.2) is 23.2 Å². The maximum atomic E-state index is 12.8. The quantitative estimate of drug-likeness (QED) is 0.409. The number of hydrogen-bond donors (Lipinski definition) is 1. The summed E-state index contributed by atoms with van der Waals surface area (Å²) in [6.45, 7) is 3.17. The van der Waals surface area contributed by atoms with Crippen molar-refractivity contribution in [2.24, 2.45) is 5.41 Å². The average molecular weight is 420 g/mol. The summed E-state index contributed by atoms with van der Waals surface area (Å²) < 4.78 is 22.2. The molecule has 0 aromatic carbocycles. The van der Waals surface area contributed by atoms with Crippen LogP contribution in [0, 0.1) is 5.41 Å². The third kappa shape index (κ3) is 3.68. The van der Waals surface area contributed by atoms with Gasteiger partial charge in [0.05, 0.1) is 0 Å². The van der Waals surface area contributed by atoms with Gasteiger partial charge in [0.2, 0.25) is 0 Å². The first kappa shape index (κ1) is 20.8. The van der Waals surface area contributed by atoms with Gasteiger partial charge in [-0.25, -0.2) is 14.4 Å². The number of aliphatic hydroxyl groups excluding tert-OH is 1. The molecule has 0 aromatic heterocycles. The lowest BCUT2D eigenvalue weighted by Gasteiger charge is -2.41. The molecule has 30 heavy (non-hydrogen) atoms. The maximum Gasteiger partial charge on any atom is 0.348 e. The number of allylic oxidation sites excluding steroid dienone is 1. The van der Waals surface area contributed by atoms with Crippen molar-refractivity contribution in [3.05, 3.63) is 23.2 Å². The molecular weight excluding hydrogens is 392 g/mol. The van der Waals surface area contributed by atoms with Gasteiger partial charge in [-0.3, -0.25) is 0 Å². The SMILES string of the molecule is CC(C)(C=C1C(=O)OC2(CCCCC2)OC1=O)C1=C(O)OC2(CCCCC2)OC1=O. The molecule has 1 saturated heterocycles. The van der Waals surface area contributed by atoms with Gasteiger partial charge < -0.3 is 24.1 Å². The van der Waals surface area contributed by atoms with Crippen LogP contribution in [0.25, 0.3) is 0 Å². The van der Waals surface area contributed by atoms with Crippen LogP contribution in [0.2, 0.25) is 0 Å². The first-order valence-corrected chi connectivity index (χ1v) is 10.7. The molecule has 0 atom stereocenters. The minimum Gasteiger partial charge on any atom is -0.480 e. The molecule has 4 aliphatic rings. The highest BCUT2D eigenvalue weighted by atomic mass is 16.8. The van der Waals surface area contributed by atoms with Crippen LogP contribution in [-0.2, 0) is 33.3 Å². The molecule has 8 nitrogen and oxygen atoms in total. The van der Waals surface area contributed by atoms with Crippen LogP contribution in [0.1, 0.15) is 78.1 Å². The Labute approximate surface area is 175 Å². The Hall–Kier alpha value is -2.51. The van der Waals surface area contributed by atoms with Gasteiger partial charge in [0.25, 0.3) is 17.5 Å². The second-order valence-electron chi connectivity index (χ2n) is 9.17. The number of esters is 3. The van der Waals surface area contributed by atoms with Crippen molar-refractivity contribution in [3.63, 3.8) is 0 Å². The van der Waals surface area contributed by atoms with Crippen LogP contribution in [0.4, 0.5) is 0 Å². The normalized spacial score (nSPS) is 26.1. The third-order valence-corrected chi connectivity index (χ3v) is 6.36. The summed E-state index contributed by atoms with van der Waals surface area (Å²) in [5.41, 5.74) is -1.69. The molecular formula is C22H28O8. The monoisotopic (exact) mass is 420 g/mol. The van der Waals surface area contributed by atoms with Gasteiger partial charge in [0.1, 0.15) is 11.1 Å². The molecule has 3 fully saturated rings. The Kier molecular flexibility index (Phi) is 5.06. The summed E-state index contributed by atoms with van der Waals surface area (Å²) in [4.78, 5) is 38.0. The van der Waals surface area contributed by atoms with Gasteiger partial charge in [0.15, 0.2) is 0 Å². The molecule has 0 bridgehead atoms. The Balaban J connectivity index is 1.59. The highest BCUT2D eigenvalue weighted by Gasteiger charge is 2.50. The van der Waals surface area contributed by atoms with E-state index in [4.69, 9.17) is 18.9 Å². The topological polar surface area (TPSA) is 108 Å². The predicted octanol–water partition coefficient (Wildman–Crippen LogP) is 3.70. The van der Waals surface area contributed by atoms with E-state index in [0.717, 1.165) is 38.5 Å². The molecule has 2 aliphatic heterocycles. The van der Waals surface area contributed by atoms with E-state index < -0.39 is 40.8 Å². The molecule has 2 saturated carbocycles. The zero-order valence-electron chi connectivity index (χ0n) is 17.5. The Bertz CT molecular complexity index is 800. The van der Waals surface area contributed by atoms with Gasteiger partial charge in [0, 0.05) is 31.1 Å². The van der Waals surface area contributed by atoms with Crippen LogP contribution in [-0.4, -0.2) is 34.6 Å². The fourth-order valence-electron chi connectivity index (χ4n) is 4.79. The average Bonchev–Trinajstić information content (AvgIpc) is 2.65. The first-order chi connectivity index (χ1) is 14.2. The number of ether oxygens (including phenoxy) is 4. The zero-order chi connectivity index (χ0) is 21.6. The van der Waals surface area contributed by atoms with E-state index in [1.54, 1.807) is 13.8 Å². The Morgan fingerprint density at radius 2 is 1.17 bits per heavy atom. The molecule has 4 rings (SSSR count). The zero-order valence-corrected chi connectivity index (χ0v) is 17.5. The van der Waals surface area contributed by atoms with E-state index >= 15 is 0 Å². The van der Waals surface area contributed by atoms with Crippen molar-refractivity contribution in [1.29, 1.82) is 0 Å². The lowest BCUT2D eigenvalue weighted by molar-refractivity contribution is -0.252. The fourth-order valence-corrected chi connectivity index (χ4v) is 4.79. The largest absolute Gasteiger partial charge is 0.480 e. The van der Waals surface area contributed by atoms with Crippen LogP contribution in [0.5, 0.6) is 0 Å². The molecule has 164 valence electrons. The van der Waals surface area contributed by atoms with Crippen molar-refractivity contribution < 1.29 is 38.4 Å². The van der Waals surface area contributed by atoms with Crippen LogP contribution in [0.3, 0.4) is 0 Å². The van der Waals surface area contributed by atoms with Crippen molar-refractivity contribution in [2.75, 3.05) is 0 Å². The minimum absolute atomic E-state index is 0.148. The second kappa shape index (κ2) is 7.32. The first-order valence-electron chi connectivity index (χ1n) is 10.7. The van der Waals surface area contributed by atoms with Gasteiger partial charge in [-0.05, 0) is 25.7 Å². The molecule has 2 heterocycles. The van der Waals surface area contributed by atoms with E-state index in [1.165, 1.54) is 6.08 Å². The lowest BCUT2D eigenvalue weighted by atomic mass is 9.81. The minimum atomic E-state index is -1.23. The summed E-state index contributed by atoms with van der Waals surface area (Å²) in [5, 5.41) is 10.5. The third-order valence-electron chi connectivity index (χ3n) is 6.36. The van der Waals surface area contributed by atoms with Crippen molar-refractivity contribution in [1.82, 2.24) is 0 Å². The highest BCUT2D eigenvalue weighted by Crippen LogP contribution is 2.44. The van der Waals surface area contributed by atoms with E-state index in [0.29, 0.717) is 25.7 Å².